The first-order valence-corrected chi connectivity index (χ1v) is 10.7. The van der Waals surface area contributed by atoms with Gasteiger partial charge in [-0.1, -0.05) is 6.07 Å². The van der Waals surface area contributed by atoms with Crippen LogP contribution in [0.15, 0.2) is 46.2 Å². The van der Waals surface area contributed by atoms with Crippen molar-refractivity contribution in [2.24, 2.45) is 0 Å². The summed E-state index contributed by atoms with van der Waals surface area (Å²) in [7, 11) is -3.84. The Bertz CT molecular complexity index is 1100. The van der Waals surface area contributed by atoms with Gasteiger partial charge in [0.2, 0.25) is 10.0 Å². The van der Waals surface area contributed by atoms with Gasteiger partial charge in [0.05, 0.1) is 18.0 Å². The molecular formula is C19H21FN4O4S. The molecule has 10 heteroatoms. The van der Waals surface area contributed by atoms with Crippen molar-refractivity contribution in [2.75, 3.05) is 19.8 Å². The Morgan fingerprint density at radius 2 is 2.21 bits per heavy atom. The Morgan fingerprint density at radius 1 is 1.34 bits per heavy atom. The number of sulfonamides is 1. The molecule has 3 aromatic rings. The monoisotopic (exact) mass is 420 g/mol. The average molecular weight is 420 g/mol. The number of fused-ring (bicyclic) bond motifs is 1. The van der Waals surface area contributed by atoms with Crippen LogP contribution in [-0.4, -0.2) is 47.2 Å². The lowest BCUT2D eigenvalue weighted by atomic mass is 10.1. The minimum absolute atomic E-state index is 0.0623. The van der Waals surface area contributed by atoms with Gasteiger partial charge in [0.25, 0.3) is 0 Å². The number of ether oxygens (including phenoxy) is 1. The number of rotatable bonds is 7. The zero-order chi connectivity index (χ0) is 20.4. The fraction of sp³-hybridized carbons (Fsp3) is 0.368. The number of oxazole rings is 1. The van der Waals surface area contributed by atoms with E-state index in [0.29, 0.717) is 37.6 Å². The van der Waals surface area contributed by atoms with Crippen LogP contribution in [0.3, 0.4) is 0 Å². The first kappa shape index (κ1) is 19.7. The molecule has 3 heterocycles. The summed E-state index contributed by atoms with van der Waals surface area (Å²) in [5.74, 6) is -0.587. The maximum absolute atomic E-state index is 13.6. The number of hydrogen-bond donors (Lipinski definition) is 0. The molecule has 0 amide bonds. The predicted molar refractivity (Wildman–Crippen MR) is 102 cm³/mol. The zero-order valence-electron chi connectivity index (χ0n) is 15.9. The second kappa shape index (κ2) is 8.05. The van der Waals surface area contributed by atoms with Crippen molar-refractivity contribution < 1.29 is 22.0 Å². The van der Waals surface area contributed by atoms with Gasteiger partial charge in [-0.05, 0) is 25.1 Å². The SMILES string of the molecule is CCOCCn1nc(-c2cocn2)c2c1CCN(S(=O)(=O)c1cccc(F)c1)C2. The van der Waals surface area contributed by atoms with Crippen LogP contribution in [0.1, 0.15) is 18.2 Å². The molecule has 0 saturated heterocycles. The molecule has 8 nitrogen and oxygen atoms in total. The Morgan fingerprint density at radius 3 is 2.93 bits per heavy atom. The summed E-state index contributed by atoms with van der Waals surface area (Å²) in [5, 5.41) is 4.64. The van der Waals surface area contributed by atoms with Crippen molar-refractivity contribution in [1.82, 2.24) is 19.1 Å². The highest BCUT2D eigenvalue weighted by Crippen LogP contribution is 2.32. The molecule has 0 N–H and O–H groups in total. The number of hydrogen-bond acceptors (Lipinski definition) is 6. The largest absolute Gasteiger partial charge is 0.451 e. The number of aromatic nitrogens is 3. The van der Waals surface area contributed by atoms with Gasteiger partial charge in [-0.3, -0.25) is 4.68 Å². The van der Waals surface area contributed by atoms with Crippen molar-refractivity contribution in [1.29, 1.82) is 0 Å². The minimum Gasteiger partial charge on any atom is -0.451 e. The van der Waals surface area contributed by atoms with Crippen molar-refractivity contribution >= 4 is 10.0 Å². The lowest BCUT2D eigenvalue weighted by Crippen LogP contribution is -2.36. The van der Waals surface area contributed by atoms with Gasteiger partial charge in [-0.25, -0.2) is 17.8 Å². The van der Waals surface area contributed by atoms with E-state index in [1.165, 1.54) is 35.2 Å². The Labute approximate surface area is 168 Å². The van der Waals surface area contributed by atoms with E-state index in [1.807, 2.05) is 11.6 Å². The Kier molecular flexibility index (Phi) is 5.48. The molecule has 4 rings (SSSR count). The van der Waals surface area contributed by atoms with Crippen LogP contribution in [-0.2, 0) is 34.3 Å². The summed E-state index contributed by atoms with van der Waals surface area (Å²) in [4.78, 5) is 4.11. The van der Waals surface area contributed by atoms with E-state index < -0.39 is 15.8 Å². The minimum atomic E-state index is -3.84. The zero-order valence-corrected chi connectivity index (χ0v) is 16.7. The van der Waals surface area contributed by atoms with Crippen LogP contribution in [0.4, 0.5) is 4.39 Å². The van der Waals surface area contributed by atoms with E-state index >= 15 is 0 Å². The van der Waals surface area contributed by atoms with Gasteiger partial charge in [0.15, 0.2) is 6.39 Å². The molecule has 0 unspecified atom stereocenters. The molecule has 0 atom stereocenters. The molecule has 2 aromatic heterocycles. The molecule has 0 aliphatic carbocycles. The van der Waals surface area contributed by atoms with Crippen LogP contribution in [0.25, 0.3) is 11.4 Å². The molecular weight excluding hydrogens is 399 g/mol. The maximum Gasteiger partial charge on any atom is 0.243 e. The van der Waals surface area contributed by atoms with E-state index in [0.717, 1.165) is 17.3 Å². The van der Waals surface area contributed by atoms with Crippen LogP contribution in [0.2, 0.25) is 0 Å². The van der Waals surface area contributed by atoms with E-state index in [2.05, 4.69) is 10.1 Å². The molecule has 1 aromatic carbocycles. The normalized spacial score (nSPS) is 14.8. The molecule has 0 spiro atoms. The third-order valence-electron chi connectivity index (χ3n) is 4.86. The van der Waals surface area contributed by atoms with Gasteiger partial charge < -0.3 is 9.15 Å². The lowest BCUT2D eigenvalue weighted by molar-refractivity contribution is 0.135. The first-order valence-electron chi connectivity index (χ1n) is 9.31. The van der Waals surface area contributed by atoms with E-state index in [4.69, 9.17) is 9.15 Å². The van der Waals surface area contributed by atoms with Crippen LogP contribution in [0, 0.1) is 5.82 Å². The van der Waals surface area contributed by atoms with E-state index in [9.17, 15) is 12.8 Å². The fourth-order valence-corrected chi connectivity index (χ4v) is 4.90. The van der Waals surface area contributed by atoms with Crippen molar-refractivity contribution in [2.45, 2.75) is 31.3 Å². The summed E-state index contributed by atoms with van der Waals surface area (Å²) in [6.07, 6.45) is 3.28. The second-order valence-electron chi connectivity index (χ2n) is 6.61. The molecule has 1 aliphatic heterocycles. The van der Waals surface area contributed by atoms with Crippen LogP contribution < -0.4 is 0 Å². The van der Waals surface area contributed by atoms with Crippen molar-refractivity contribution in [3.63, 3.8) is 0 Å². The summed E-state index contributed by atoms with van der Waals surface area (Å²) >= 11 is 0. The van der Waals surface area contributed by atoms with E-state index in [1.54, 1.807) is 0 Å². The first-order chi connectivity index (χ1) is 14.0. The Balaban J connectivity index is 1.69. The standard InChI is InChI=1S/C19H21FN4O4S/c1-2-27-9-8-24-18-6-7-23(29(25,26)15-5-3-4-14(20)10-15)11-16(18)19(22-24)17-12-28-13-21-17/h3-5,10,12-13H,2,6-9,11H2,1H3. The Hall–Kier alpha value is -2.56. The topological polar surface area (TPSA) is 90.5 Å². The van der Waals surface area contributed by atoms with Gasteiger partial charge in [-0.15, -0.1) is 0 Å². The summed E-state index contributed by atoms with van der Waals surface area (Å²) in [5.41, 5.74) is 2.86. The lowest BCUT2D eigenvalue weighted by Gasteiger charge is -2.27. The van der Waals surface area contributed by atoms with Crippen molar-refractivity contribution in [3.8, 4) is 11.4 Å². The van der Waals surface area contributed by atoms with Gasteiger partial charge in [0, 0.05) is 37.4 Å². The molecule has 0 saturated carbocycles. The van der Waals surface area contributed by atoms with Gasteiger partial charge in [0.1, 0.15) is 23.5 Å². The van der Waals surface area contributed by atoms with Gasteiger partial charge >= 0.3 is 0 Å². The van der Waals surface area contributed by atoms with Crippen LogP contribution in [0.5, 0.6) is 0 Å². The summed E-state index contributed by atoms with van der Waals surface area (Å²) < 4.78 is 53.4. The number of halogens is 1. The van der Waals surface area contributed by atoms with Crippen LogP contribution >= 0.6 is 0 Å². The van der Waals surface area contributed by atoms with E-state index in [-0.39, 0.29) is 18.0 Å². The summed E-state index contributed by atoms with van der Waals surface area (Å²) in [6.45, 7) is 4.02. The smallest absolute Gasteiger partial charge is 0.243 e. The number of nitrogens with zero attached hydrogens (tertiary/aromatic N) is 4. The molecule has 154 valence electrons. The van der Waals surface area contributed by atoms with Gasteiger partial charge in [-0.2, -0.15) is 9.40 Å². The average Bonchev–Trinajstić information content (AvgIpc) is 3.36. The maximum atomic E-state index is 13.6. The molecule has 29 heavy (non-hydrogen) atoms. The highest BCUT2D eigenvalue weighted by atomic mass is 32.2. The fourth-order valence-electron chi connectivity index (χ4n) is 3.46. The molecule has 0 fully saturated rings. The third-order valence-corrected chi connectivity index (χ3v) is 6.70. The highest BCUT2D eigenvalue weighted by Gasteiger charge is 2.33. The summed E-state index contributed by atoms with van der Waals surface area (Å²) in [6, 6.07) is 5.05. The van der Waals surface area contributed by atoms with Crippen molar-refractivity contribution in [3.05, 3.63) is 54.0 Å². The second-order valence-corrected chi connectivity index (χ2v) is 8.55. The highest BCUT2D eigenvalue weighted by molar-refractivity contribution is 7.89. The number of benzene rings is 1. The molecule has 0 bridgehead atoms. The molecule has 0 radical (unpaired) electrons. The quantitative estimate of drug-likeness (QED) is 0.546. The molecule has 1 aliphatic rings. The predicted octanol–water partition coefficient (Wildman–Crippen LogP) is 2.46. The third kappa shape index (κ3) is 3.83.